The Hall–Kier alpha value is -2.57. The van der Waals surface area contributed by atoms with Gasteiger partial charge >= 0.3 is 6.09 Å². The van der Waals surface area contributed by atoms with Gasteiger partial charge in [0.05, 0.1) is 6.54 Å². The Kier molecular flexibility index (Phi) is 8.03. The summed E-state index contributed by atoms with van der Waals surface area (Å²) >= 11 is 0. The predicted octanol–water partition coefficient (Wildman–Crippen LogP) is 3.94. The van der Waals surface area contributed by atoms with E-state index in [4.69, 9.17) is 4.74 Å². The summed E-state index contributed by atoms with van der Waals surface area (Å²) in [6.07, 6.45) is 5.28. The number of amides is 3. The van der Waals surface area contributed by atoms with Crippen LogP contribution in [-0.4, -0.2) is 46.5 Å². The first kappa shape index (κ1) is 25.1. The number of hydrogen-bond acceptors (Lipinski definition) is 4. The van der Waals surface area contributed by atoms with E-state index in [0.29, 0.717) is 13.0 Å². The number of benzene rings is 1. The molecule has 1 heterocycles. The smallest absolute Gasteiger partial charge is 0.411 e. The third-order valence-corrected chi connectivity index (χ3v) is 6.38. The standard InChI is InChI=1S/C26H39N3O4/c1-17(2)22(24(31)27-20-13-7-6-8-14-20)28-23(30)21-15-18-11-9-10-12-19(18)16-29(21)25(32)33-26(3,4)5/h9-12,17,20-22H,6-8,13-16H2,1-5H3,(H,27,31)(H,28,30). The van der Waals surface area contributed by atoms with Crippen molar-refractivity contribution in [1.29, 1.82) is 0 Å². The second-order valence-electron chi connectivity index (χ2n) is 10.7. The fraction of sp³-hybridized carbons (Fsp3) is 0.654. The molecule has 1 fully saturated rings. The van der Waals surface area contributed by atoms with Crippen molar-refractivity contribution in [3.05, 3.63) is 35.4 Å². The number of nitrogens with one attached hydrogen (secondary N) is 2. The van der Waals surface area contributed by atoms with Crippen molar-refractivity contribution in [2.45, 2.75) is 103 Å². The highest BCUT2D eigenvalue weighted by molar-refractivity contribution is 5.92. The number of carbonyl (C=O) groups excluding carboxylic acids is 3. The molecule has 1 aromatic rings. The van der Waals surface area contributed by atoms with Crippen LogP contribution >= 0.6 is 0 Å². The maximum absolute atomic E-state index is 13.5. The van der Waals surface area contributed by atoms with Gasteiger partial charge in [-0.25, -0.2) is 4.79 Å². The average Bonchev–Trinajstić information content (AvgIpc) is 2.75. The molecule has 1 saturated carbocycles. The topological polar surface area (TPSA) is 87.7 Å². The van der Waals surface area contributed by atoms with Gasteiger partial charge in [0, 0.05) is 12.5 Å². The minimum absolute atomic E-state index is 0.0802. The van der Waals surface area contributed by atoms with Crippen LogP contribution in [0.1, 0.15) is 77.8 Å². The molecule has 33 heavy (non-hydrogen) atoms. The molecule has 0 radical (unpaired) electrons. The second kappa shape index (κ2) is 10.6. The molecule has 0 saturated heterocycles. The fourth-order valence-corrected chi connectivity index (χ4v) is 4.59. The molecular weight excluding hydrogens is 418 g/mol. The van der Waals surface area contributed by atoms with Gasteiger partial charge < -0.3 is 15.4 Å². The summed E-state index contributed by atoms with van der Waals surface area (Å²) in [5.74, 6) is -0.554. The molecule has 2 atom stereocenters. The molecule has 1 aliphatic heterocycles. The Morgan fingerprint density at radius 2 is 1.67 bits per heavy atom. The highest BCUT2D eigenvalue weighted by atomic mass is 16.6. The van der Waals surface area contributed by atoms with E-state index in [0.717, 1.165) is 36.8 Å². The molecule has 2 N–H and O–H groups in total. The van der Waals surface area contributed by atoms with Gasteiger partial charge in [-0.05, 0) is 50.7 Å². The van der Waals surface area contributed by atoms with Crippen LogP contribution in [0.3, 0.4) is 0 Å². The zero-order chi connectivity index (χ0) is 24.2. The lowest BCUT2D eigenvalue weighted by Crippen LogP contribution is -2.59. The molecule has 7 heteroatoms. The molecule has 1 aliphatic carbocycles. The summed E-state index contributed by atoms with van der Waals surface area (Å²) in [5.41, 5.74) is 1.36. The number of nitrogens with zero attached hydrogens (tertiary/aromatic N) is 1. The van der Waals surface area contributed by atoms with Crippen LogP contribution in [0.15, 0.2) is 24.3 Å². The van der Waals surface area contributed by atoms with Crippen LogP contribution in [0.25, 0.3) is 0 Å². The van der Waals surface area contributed by atoms with Crippen LogP contribution in [0.4, 0.5) is 4.79 Å². The van der Waals surface area contributed by atoms with E-state index in [9.17, 15) is 14.4 Å². The van der Waals surface area contributed by atoms with E-state index in [1.807, 2.05) is 58.9 Å². The van der Waals surface area contributed by atoms with Crippen molar-refractivity contribution in [3.8, 4) is 0 Å². The normalized spacial score (nSPS) is 20.1. The molecule has 182 valence electrons. The Morgan fingerprint density at radius 1 is 1.03 bits per heavy atom. The van der Waals surface area contributed by atoms with Gasteiger partial charge in [0.15, 0.2) is 0 Å². The zero-order valence-corrected chi connectivity index (χ0v) is 20.6. The summed E-state index contributed by atoms with van der Waals surface area (Å²) in [4.78, 5) is 41.0. The predicted molar refractivity (Wildman–Crippen MR) is 127 cm³/mol. The molecule has 2 aliphatic rings. The summed E-state index contributed by atoms with van der Waals surface area (Å²) in [7, 11) is 0. The first-order valence-electron chi connectivity index (χ1n) is 12.2. The molecular formula is C26H39N3O4. The second-order valence-corrected chi connectivity index (χ2v) is 10.7. The highest BCUT2D eigenvalue weighted by Gasteiger charge is 2.38. The quantitative estimate of drug-likeness (QED) is 0.701. The van der Waals surface area contributed by atoms with Crippen molar-refractivity contribution in [3.63, 3.8) is 0 Å². The van der Waals surface area contributed by atoms with E-state index >= 15 is 0 Å². The third-order valence-electron chi connectivity index (χ3n) is 6.38. The average molecular weight is 458 g/mol. The number of ether oxygens (including phenoxy) is 1. The third kappa shape index (κ3) is 6.71. The first-order chi connectivity index (χ1) is 15.5. The molecule has 3 rings (SSSR count). The van der Waals surface area contributed by atoms with Crippen LogP contribution in [0.2, 0.25) is 0 Å². The van der Waals surface area contributed by atoms with Crippen molar-refractivity contribution < 1.29 is 19.1 Å². The minimum Gasteiger partial charge on any atom is -0.444 e. The zero-order valence-electron chi connectivity index (χ0n) is 20.6. The van der Waals surface area contributed by atoms with Gasteiger partial charge in [0.25, 0.3) is 0 Å². The van der Waals surface area contributed by atoms with Crippen molar-refractivity contribution in [2.75, 3.05) is 0 Å². The Morgan fingerprint density at radius 3 is 2.27 bits per heavy atom. The summed E-state index contributed by atoms with van der Waals surface area (Å²) in [6.45, 7) is 9.57. The highest BCUT2D eigenvalue weighted by Crippen LogP contribution is 2.26. The van der Waals surface area contributed by atoms with Gasteiger partial charge in [-0.1, -0.05) is 57.4 Å². The van der Waals surface area contributed by atoms with E-state index in [2.05, 4.69) is 10.6 Å². The maximum atomic E-state index is 13.5. The van der Waals surface area contributed by atoms with Crippen LogP contribution in [0.5, 0.6) is 0 Å². The number of hydrogen-bond donors (Lipinski definition) is 2. The van der Waals surface area contributed by atoms with Gasteiger partial charge in [0.1, 0.15) is 17.7 Å². The number of fused-ring (bicyclic) bond motifs is 1. The van der Waals surface area contributed by atoms with Crippen molar-refractivity contribution in [2.24, 2.45) is 5.92 Å². The van der Waals surface area contributed by atoms with Crippen molar-refractivity contribution in [1.82, 2.24) is 15.5 Å². The Labute approximate surface area is 197 Å². The van der Waals surface area contributed by atoms with Gasteiger partial charge in [-0.15, -0.1) is 0 Å². The Bertz CT molecular complexity index is 855. The molecule has 2 unspecified atom stereocenters. The maximum Gasteiger partial charge on any atom is 0.411 e. The Balaban J connectivity index is 1.77. The van der Waals surface area contributed by atoms with Crippen LogP contribution in [0, 0.1) is 5.92 Å². The minimum atomic E-state index is -0.738. The molecule has 0 bridgehead atoms. The SMILES string of the molecule is CC(C)C(NC(=O)C1Cc2ccccc2CN1C(=O)OC(C)(C)C)C(=O)NC1CCCCC1. The molecule has 1 aromatic carbocycles. The molecule has 3 amide bonds. The lowest BCUT2D eigenvalue weighted by molar-refractivity contribution is -0.133. The molecule has 0 spiro atoms. The fourth-order valence-electron chi connectivity index (χ4n) is 4.59. The van der Waals surface area contributed by atoms with E-state index in [-0.39, 0.29) is 23.8 Å². The van der Waals surface area contributed by atoms with Gasteiger partial charge in [-0.2, -0.15) is 0 Å². The van der Waals surface area contributed by atoms with Gasteiger partial charge in [0.2, 0.25) is 11.8 Å². The summed E-state index contributed by atoms with van der Waals surface area (Å²) in [5, 5.41) is 6.08. The molecule has 7 nitrogen and oxygen atoms in total. The lowest BCUT2D eigenvalue weighted by Gasteiger charge is -2.37. The lowest BCUT2D eigenvalue weighted by atomic mass is 9.92. The van der Waals surface area contributed by atoms with Crippen molar-refractivity contribution >= 4 is 17.9 Å². The van der Waals surface area contributed by atoms with Crippen LogP contribution in [-0.2, 0) is 27.3 Å². The largest absolute Gasteiger partial charge is 0.444 e. The van der Waals surface area contributed by atoms with E-state index in [1.54, 1.807) is 0 Å². The molecule has 0 aromatic heterocycles. The summed E-state index contributed by atoms with van der Waals surface area (Å²) in [6, 6.07) is 6.59. The van der Waals surface area contributed by atoms with Gasteiger partial charge in [-0.3, -0.25) is 14.5 Å². The van der Waals surface area contributed by atoms with Crippen LogP contribution < -0.4 is 10.6 Å². The van der Waals surface area contributed by atoms with E-state index in [1.165, 1.54) is 11.3 Å². The van der Waals surface area contributed by atoms with E-state index < -0.39 is 23.8 Å². The number of rotatable bonds is 5. The summed E-state index contributed by atoms with van der Waals surface area (Å²) < 4.78 is 5.60. The monoisotopic (exact) mass is 457 g/mol. The first-order valence-corrected chi connectivity index (χ1v) is 12.2. The number of carbonyl (C=O) groups is 3.